The van der Waals surface area contributed by atoms with E-state index in [1.54, 1.807) is 0 Å². The summed E-state index contributed by atoms with van der Waals surface area (Å²) in [5.74, 6) is 0.153. The molecule has 1 N–H and O–H groups in total. The molecule has 1 aliphatic heterocycles. The first-order valence-corrected chi connectivity index (χ1v) is 8.58. The van der Waals surface area contributed by atoms with Gasteiger partial charge in [0.2, 0.25) is 5.91 Å². The van der Waals surface area contributed by atoms with Gasteiger partial charge in [-0.2, -0.15) is 0 Å². The molecule has 24 heavy (non-hydrogen) atoms. The van der Waals surface area contributed by atoms with Crippen LogP contribution >= 0.6 is 0 Å². The second-order valence-corrected chi connectivity index (χ2v) is 7.90. The molecule has 2 atom stereocenters. The first-order chi connectivity index (χ1) is 11.2. The van der Waals surface area contributed by atoms with Crippen molar-refractivity contribution in [2.24, 2.45) is 5.41 Å². The zero-order valence-corrected chi connectivity index (χ0v) is 14.8. The van der Waals surface area contributed by atoms with E-state index in [0.717, 1.165) is 18.4 Å². The number of nitrogens with zero attached hydrogens (tertiary/aromatic N) is 1. The summed E-state index contributed by atoms with van der Waals surface area (Å²) in [5.41, 5.74) is 0.153. The number of carbonyl (C=O) groups excluding carboxylic acids is 2. The fourth-order valence-corrected chi connectivity index (χ4v) is 3.47. The Kier molecular flexibility index (Phi) is 4.06. The summed E-state index contributed by atoms with van der Waals surface area (Å²) < 4.78 is 5.36. The molecular formula is C19H26N2O3. The number of hydrogen-bond donors (Lipinski definition) is 1. The maximum Gasteiger partial charge on any atom is 0.407 e. The molecule has 1 aromatic carbocycles. The maximum absolute atomic E-state index is 12.9. The van der Waals surface area contributed by atoms with Gasteiger partial charge in [-0.05, 0) is 46.1 Å². The summed E-state index contributed by atoms with van der Waals surface area (Å²) in [6, 6.07) is 9.83. The molecule has 0 aromatic heterocycles. The Balaban J connectivity index is 1.72. The zero-order valence-electron chi connectivity index (χ0n) is 14.8. The number of alkyl carbamates (subject to hydrolysis) is 1. The Morgan fingerprint density at radius 3 is 2.46 bits per heavy atom. The molecular weight excluding hydrogens is 304 g/mol. The highest BCUT2D eigenvalue weighted by molar-refractivity contribution is 5.90. The minimum Gasteiger partial charge on any atom is -0.444 e. The molecule has 1 aliphatic carbocycles. The van der Waals surface area contributed by atoms with Crippen LogP contribution in [-0.2, 0) is 9.53 Å². The molecule has 1 aromatic rings. The molecule has 1 saturated heterocycles. The van der Waals surface area contributed by atoms with Crippen LogP contribution in [0.15, 0.2) is 30.3 Å². The van der Waals surface area contributed by atoms with Crippen molar-refractivity contribution in [2.75, 3.05) is 6.54 Å². The third-order valence-electron chi connectivity index (χ3n) is 4.96. The van der Waals surface area contributed by atoms with Crippen molar-refractivity contribution in [3.05, 3.63) is 35.9 Å². The van der Waals surface area contributed by atoms with Gasteiger partial charge in [0.05, 0.1) is 17.5 Å². The molecule has 1 saturated carbocycles. The molecule has 130 valence electrons. The van der Waals surface area contributed by atoms with Crippen LogP contribution in [0.5, 0.6) is 0 Å². The SMILES string of the molecule is C[C@@H](c1ccccc1)N1CC(NC(=O)OC(C)(C)C)C2(CC2)C1=O. The number of benzene rings is 1. The van der Waals surface area contributed by atoms with Crippen LogP contribution in [-0.4, -0.2) is 35.1 Å². The van der Waals surface area contributed by atoms with Gasteiger partial charge in [-0.15, -0.1) is 0 Å². The summed E-state index contributed by atoms with van der Waals surface area (Å²) >= 11 is 0. The molecule has 2 amide bonds. The quantitative estimate of drug-likeness (QED) is 0.925. The number of nitrogens with one attached hydrogen (secondary N) is 1. The smallest absolute Gasteiger partial charge is 0.407 e. The third-order valence-corrected chi connectivity index (χ3v) is 4.96. The molecule has 3 rings (SSSR count). The van der Waals surface area contributed by atoms with Crippen molar-refractivity contribution in [2.45, 2.75) is 58.2 Å². The molecule has 1 heterocycles. The largest absolute Gasteiger partial charge is 0.444 e. The topological polar surface area (TPSA) is 58.6 Å². The molecule has 2 fully saturated rings. The summed E-state index contributed by atoms with van der Waals surface area (Å²) in [6.07, 6.45) is 1.23. The van der Waals surface area contributed by atoms with Gasteiger partial charge < -0.3 is 15.0 Å². The standard InChI is InChI=1S/C19H26N2O3/c1-13(14-8-6-5-7-9-14)21-12-15(19(10-11-19)16(21)22)20-17(23)24-18(2,3)4/h5-9,13,15H,10-12H2,1-4H3,(H,20,23)/t13-,15?/m0/s1. The Labute approximate surface area is 143 Å². The van der Waals surface area contributed by atoms with Crippen LogP contribution in [0, 0.1) is 5.41 Å². The summed E-state index contributed by atoms with van der Waals surface area (Å²) in [5, 5.41) is 2.93. The molecule has 5 nitrogen and oxygen atoms in total. The summed E-state index contributed by atoms with van der Waals surface area (Å²) in [4.78, 5) is 26.9. The van der Waals surface area contributed by atoms with Crippen LogP contribution < -0.4 is 5.32 Å². The predicted octanol–water partition coefficient (Wildman–Crippen LogP) is 3.26. The summed E-state index contributed by atoms with van der Waals surface area (Å²) in [7, 11) is 0. The monoisotopic (exact) mass is 330 g/mol. The Hall–Kier alpha value is -2.04. The molecule has 2 aliphatic rings. The van der Waals surface area contributed by atoms with Crippen molar-refractivity contribution in [1.29, 1.82) is 0 Å². The number of rotatable bonds is 3. The second kappa shape index (κ2) is 5.80. The first kappa shape index (κ1) is 16.8. The van der Waals surface area contributed by atoms with E-state index in [-0.39, 0.29) is 18.0 Å². The van der Waals surface area contributed by atoms with Crippen molar-refractivity contribution < 1.29 is 14.3 Å². The predicted molar refractivity (Wildman–Crippen MR) is 91.4 cm³/mol. The lowest BCUT2D eigenvalue weighted by atomic mass is 10.0. The van der Waals surface area contributed by atoms with Gasteiger partial charge in [-0.3, -0.25) is 4.79 Å². The van der Waals surface area contributed by atoms with E-state index < -0.39 is 17.1 Å². The van der Waals surface area contributed by atoms with Crippen molar-refractivity contribution in [3.63, 3.8) is 0 Å². The molecule has 1 unspecified atom stereocenters. The van der Waals surface area contributed by atoms with E-state index in [1.165, 1.54) is 0 Å². The lowest BCUT2D eigenvalue weighted by Crippen LogP contribution is -2.44. The fourth-order valence-electron chi connectivity index (χ4n) is 3.47. The van der Waals surface area contributed by atoms with Crippen molar-refractivity contribution in [1.82, 2.24) is 10.2 Å². The van der Waals surface area contributed by atoms with Gasteiger partial charge in [0, 0.05) is 6.54 Å². The molecule has 1 spiro atoms. The van der Waals surface area contributed by atoms with Crippen LogP contribution in [0.1, 0.15) is 52.1 Å². The average Bonchev–Trinajstić information content (AvgIpc) is 3.26. The van der Waals surface area contributed by atoms with E-state index in [4.69, 9.17) is 4.74 Å². The van der Waals surface area contributed by atoms with Gasteiger partial charge in [0.15, 0.2) is 0 Å². The van der Waals surface area contributed by atoms with Crippen LogP contribution in [0.4, 0.5) is 4.79 Å². The minimum atomic E-state index is -0.541. The molecule has 5 heteroatoms. The van der Waals surface area contributed by atoms with E-state index in [0.29, 0.717) is 6.54 Å². The maximum atomic E-state index is 12.9. The van der Waals surface area contributed by atoms with Crippen LogP contribution in [0.2, 0.25) is 0 Å². The highest BCUT2D eigenvalue weighted by Crippen LogP contribution is 2.55. The van der Waals surface area contributed by atoms with Gasteiger partial charge in [0.1, 0.15) is 5.60 Å². The van der Waals surface area contributed by atoms with Gasteiger partial charge >= 0.3 is 6.09 Å². The number of ether oxygens (including phenoxy) is 1. The number of amides is 2. The van der Waals surface area contributed by atoms with Crippen LogP contribution in [0.3, 0.4) is 0 Å². The number of carbonyl (C=O) groups is 2. The third kappa shape index (κ3) is 3.12. The second-order valence-electron chi connectivity index (χ2n) is 7.90. The summed E-state index contributed by atoms with van der Waals surface area (Å²) in [6.45, 7) is 8.09. The van der Waals surface area contributed by atoms with Crippen molar-refractivity contribution >= 4 is 12.0 Å². The van der Waals surface area contributed by atoms with Gasteiger partial charge in [-0.1, -0.05) is 30.3 Å². The molecule has 0 radical (unpaired) electrons. The first-order valence-electron chi connectivity index (χ1n) is 8.58. The lowest BCUT2D eigenvalue weighted by Gasteiger charge is -2.25. The highest BCUT2D eigenvalue weighted by atomic mass is 16.6. The van der Waals surface area contributed by atoms with Crippen LogP contribution in [0.25, 0.3) is 0 Å². The van der Waals surface area contributed by atoms with Gasteiger partial charge in [-0.25, -0.2) is 4.79 Å². The molecule has 0 bridgehead atoms. The van der Waals surface area contributed by atoms with E-state index >= 15 is 0 Å². The fraction of sp³-hybridized carbons (Fsp3) is 0.579. The minimum absolute atomic E-state index is 0.00149. The van der Waals surface area contributed by atoms with Gasteiger partial charge in [0.25, 0.3) is 0 Å². The van der Waals surface area contributed by atoms with Crippen molar-refractivity contribution in [3.8, 4) is 0 Å². The normalized spacial score (nSPS) is 23.2. The van der Waals surface area contributed by atoms with E-state index in [1.807, 2.05) is 62.9 Å². The highest BCUT2D eigenvalue weighted by Gasteiger charge is 2.63. The van der Waals surface area contributed by atoms with E-state index in [2.05, 4.69) is 5.32 Å². The Morgan fingerprint density at radius 1 is 1.29 bits per heavy atom. The Bertz CT molecular complexity index is 632. The number of likely N-dealkylation sites (tertiary alicyclic amines) is 1. The van der Waals surface area contributed by atoms with E-state index in [9.17, 15) is 9.59 Å². The zero-order chi connectivity index (χ0) is 17.5. The number of hydrogen-bond acceptors (Lipinski definition) is 3. The average molecular weight is 330 g/mol. The Morgan fingerprint density at radius 2 is 1.92 bits per heavy atom. The lowest BCUT2D eigenvalue weighted by molar-refractivity contribution is -0.134.